The number of aromatic amines is 1. The summed E-state index contributed by atoms with van der Waals surface area (Å²) in [4.78, 5) is 10.2. The highest BCUT2D eigenvalue weighted by molar-refractivity contribution is 5.58. The number of H-pyrrole nitrogens is 1. The van der Waals surface area contributed by atoms with Gasteiger partial charge in [0.2, 0.25) is 0 Å². The van der Waals surface area contributed by atoms with Gasteiger partial charge in [-0.25, -0.2) is 9.37 Å². The second kappa shape index (κ2) is 5.95. The van der Waals surface area contributed by atoms with Crippen LogP contribution in [-0.4, -0.2) is 40.7 Å². The number of nitrogens with zero attached hydrogens (tertiary/aromatic N) is 2. The van der Waals surface area contributed by atoms with E-state index >= 15 is 0 Å². The Hall–Kier alpha value is -1.72. The summed E-state index contributed by atoms with van der Waals surface area (Å²) in [7, 11) is 0. The molecule has 0 unspecified atom stereocenters. The average molecular weight is 289 g/mol. The van der Waals surface area contributed by atoms with Crippen LogP contribution in [0.2, 0.25) is 0 Å². The fourth-order valence-electron chi connectivity index (χ4n) is 2.78. The zero-order chi connectivity index (χ0) is 14.8. The molecule has 0 aliphatic carbocycles. The van der Waals surface area contributed by atoms with Crippen molar-refractivity contribution in [3.63, 3.8) is 0 Å². The molecule has 0 amide bonds. The Morgan fingerprint density at radius 2 is 2.29 bits per heavy atom. The molecular formula is C16H20FN3O. The largest absolute Gasteiger partial charge is 0.378 e. The first-order chi connectivity index (χ1) is 10.1. The third kappa shape index (κ3) is 2.99. The zero-order valence-electron chi connectivity index (χ0n) is 12.3. The topological polar surface area (TPSA) is 41.1 Å². The molecule has 1 aliphatic rings. The molecular weight excluding hydrogens is 269 g/mol. The van der Waals surface area contributed by atoms with E-state index in [1.54, 1.807) is 12.3 Å². The van der Waals surface area contributed by atoms with Crippen molar-refractivity contribution < 1.29 is 9.13 Å². The van der Waals surface area contributed by atoms with E-state index in [2.05, 4.69) is 28.7 Å². The van der Waals surface area contributed by atoms with Crippen LogP contribution in [0.15, 0.2) is 30.5 Å². The molecule has 1 N–H and O–H groups in total. The minimum Gasteiger partial charge on any atom is -0.378 e. The molecule has 2 heterocycles. The van der Waals surface area contributed by atoms with Crippen LogP contribution in [0.5, 0.6) is 0 Å². The first-order valence-electron chi connectivity index (χ1n) is 7.29. The van der Waals surface area contributed by atoms with Gasteiger partial charge >= 0.3 is 0 Å². The molecule has 2 aromatic rings. The standard InChI is InChI=1S/C16H20FN3O/c1-11(2)20-6-7-21-10-15(20)16-18-9-14(19-16)12-4-3-5-13(17)8-12/h3-5,8-9,11,15H,6-7,10H2,1-2H3,(H,18,19)/t15-/m0/s1. The predicted molar refractivity (Wildman–Crippen MR) is 79.4 cm³/mol. The first-order valence-corrected chi connectivity index (χ1v) is 7.29. The van der Waals surface area contributed by atoms with Gasteiger partial charge in [-0.3, -0.25) is 4.90 Å². The minimum absolute atomic E-state index is 0.126. The Morgan fingerprint density at radius 1 is 1.43 bits per heavy atom. The predicted octanol–water partition coefficient (Wildman–Crippen LogP) is 3.00. The van der Waals surface area contributed by atoms with Gasteiger partial charge in [-0.2, -0.15) is 0 Å². The van der Waals surface area contributed by atoms with Crippen molar-refractivity contribution in [3.05, 3.63) is 42.1 Å². The van der Waals surface area contributed by atoms with Gasteiger partial charge in [-0.1, -0.05) is 12.1 Å². The fraction of sp³-hybridized carbons (Fsp3) is 0.438. The number of imidazole rings is 1. The highest BCUT2D eigenvalue weighted by Gasteiger charge is 2.28. The normalized spacial score (nSPS) is 20.1. The van der Waals surface area contributed by atoms with E-state index in [0.717, 1.165) is 30.2 Å². The molecule has 3 rings (SSSR count). The number of morpholine rings is 1. The van der Waals surface area contributed by atoms with Crippen LogP contribution in [0.1, 0.15) is 25.7 Å². The summed E-state index contributed by atoms with van der Waals surface area (Å²) < 4.78 is 18.9. The monoisotopic (exact) mass is 289 g/mol. The van der Waals surface area contributed by atoms with Crippen molar-refractivity contribution in [1.82, 2.24) is 14.9 Å². The molecule has 4 nitrogen and oxygen atoms in total. The molecule has 0 radical (unpaired) electrons. The summed E-state index contributed by atoms with van der Waals surface area (Å²) in [5.74, 6) is 0.635. The number of halogens is 1. The molecule has 1 atom stereocenters. The van der Waals surface area contributed by atoms with Crippen LogP contribution in [0, 0.1) is 5.82 Å². The molecule has 1 aromatic carbocycles. The van der Waals surface area contributed by atoms with Gasteiger partial charge in [0.25, 0.3) is 0 Å². The Kier molecular flexibility index (Phi) is 4.03. The number of hydrogen-bond acceptors (Lipinski definition) is 3. The first kappa shape index (κ1) is 14.2. The molecule has 1 saturated heterocycles. The molecule has 1 aromatic heterocycles. The van der Waals surface area contributed by atoms with E-state index in [9.17, 15) is 4.39 Å². The molecule has 0 spiro atoms. The number of aromatic nitrogens is 2. The van der Waals surface area contributed by atoms with Crippen molar-refractivity contribution >= 4 is 0 Å². The molecule has 1 fully saturated rings. The lowest BCUT2D eigenvalue weighted by molar-refractivity contribution is -0.0262. The lowest BCUT2D eigenvalue weighted by Gasteiger charge is -2.37. The second-order valence-electron chi connectivity index (χ2n) is 5.61. The van der Waals surface area contributed by atoms with E-state index < -0.39 is 0 Å². The highest BCUT2D eigenvalue weighted by atomic mass is 19.1. The van der Waals surface area contributed by atoms with Gasteiger partial charge in [-0.15, -0.1) is 0 Å². The smallest absolute Gasteiger partial charge is 0.126 e. The van der Waals surface area contributed by atoms with Crippen molar-refractivity contribution in [1.29, 1.82) is 0 Å². The lowest BCUT2D eigenvalue weighted by Crippen LogP contribution is -2.43. The molecule has 0 saturated carbocycles. The van der Waals surface area contributed by atoms with Gasteiger partial charge in [0.1, 0.15) is 11.6 Å². The molecule has 112 valence electrons. The maximum atomic E-state index is 13.3. The summed E-state index contributed by atoms with van der Waals surface area (Å²) in [5, 5.41) is 0. The van der Waals surface area contributed by atoms with Crippen LogP contribution in [-0.2, 0) is 4.74 Å². The molecule has 5 heteroatoms. The summed E-state index contributed by atoms with van der Waals surface area (Å²) in [6, 6.07) is 7.08. The van der Waals surface area contributed by atoms with Crippen LogP contribution in [0.4, 0.5) is 4.39 Å². The fourth-order valence-corrected chi connectivity index (χ4v) is 2.78. The quantitative estimate of drug-likeness (QED) is 0.944. The summed E-state index contributed by atoms with van der Waals surface area (Å²) >= 11 is 0. The SMILES string of the molecule is CC(C)N1CCOC[C@H]1c1ncc(-c2cccc(F)c2)[nH]1. The molecule has 0 bridgehead atoms. The minimum atomic E-state index is -0.242. The molecule has 1 aliphatic heterocycles. The van der Waals surface area contributed by atoms with Gasteiger partial charge in [0.15, 0.2) is 0 Å². The highest BCUT2D eigenvalue weighted by Crippen LogP contribution is 2.26. The third-order valence-electron chi connectivity index (χ3n) is 3.88. The molecule has 21 heavy (non-hydrogen) atoms. The Morgan fingerprint density at radius 3 is 3.05 bits per heavy atom. The van der Waals surface area contributed by atoms with Gasteiger partial charge in [-0.05, 0) is 26.0 Å². The van der Waals surface area contributed by atoms with Crippen LogP contribution >= 0.6 is 0 Å². The number of nitrogens with one attached hydrogen (secondary N) is 1. The lowest BCUT2D eigenvalue weighted by atomic mass is 10.1. The van der Waals surface area contributed by atoms with Crippen molar-refractivity contribution in [2.75, 3.05) is 19.8 Å². The van der Waals surface area contributed by atoms with E-state index in [0.29, 0.717) is 12.6 Å². The number of hydrogen-bond donors (Lipinski definition) is 1. The number of rotatable bonds is 3. The number of ether oxygens (including phenoxy) is 1. The number of benzene rings is 1. The Bertz CT molecular complexity index is 611. The Labute approximate surface area is 124 Å². The maximum Gasteiger partial charge on any atom is 0.126 e. The average Bonchev–Trinajstić information content (AvgIpc) is 2.97. The van der Waals surface area contributed by atoms with Crippen molar-refractivity contribution in [3.8, 4) is 11.3 Å². The maximum absolute atomic E-state index is 13.3. The van der Waals surface area contributed by atoms with E-state index in [1.807, 2.05) is 6.07 Å². The van der Waals surface area contributed by atoms with Gasteiger partial charge < -0.3 is 9.72 Å². The van der Waals surface area contributed by atoms with E-state index in [4.69, 9.17) is 4.74 Å². The summed E-state index contributed by atoms with van der Waals surface area (Å²) in [5.41, 5.74) is 1.64. The second-order valence-corrected chi connectivity index (χ2v) is 5.61. The summed E-state index contributed by atoms with van der Waals surface area (Å²) in [6.07, 6.45) is 1.76. The van der Waals surface area contributed by atoms with Crippen molar-refractivity contribution in [2.24, 2.45) is 0 Å². The summed E-state index contributed by atoms with van der Waals surface area (Å²) in [6.45, 7) is 6.64. The third-order valence-corrected chi connectivity index (χ3v) is 3.88. The zero-order valence-corrected chi connectivity index (χ0v) is 12.3. The van der Waals surface area contributed by atoms with E-state index in [-0.39, 0.29) is 11.9 Å². The van der Waals surface area contributed by atoms with Gasteiger partial charge in [0, 0.05) is 18.2 Å². The van der Waals surface area contributed by atoms with Crippen molar-refractivity contribution in [2.45, 2.75) is 25.9 Å². The Balaban J connectivity index is 1.87. The van der Waals surface area contributed by atoms with E-state index in [1.165, 1.54) is 12.1 Å². The van der Waals surface area contributed by atoms with Gasteiger partial charge in [0.05, 0.1) is 31.1 Å². The van der Waals surface area contributed by atoms with Crippen LogP contribution in [0.3, 0.4) is 0 Å². The van der Waals surface area contributed by atoms with Crippen LogP contribution in [0.25, 0.3) is 11.3 Å². The van der Waals surface area contributed by atoms with Crippen LogP contribution < -0.4 is 0 Å².